The maximum absolute atomic E-state index is 13.3. The Kier molecular flexibility index (Phi) is 19.4. The van der Waals surface area contributed by atoms with Gasteiger partial charge in [-0.15, -0.1) is 0 Å². The summed E-state index contributed by atoms with van der Waals surface area (Å²) in [7, 11) is 1.91. The molecule has 2 amide bonds. The van der Waals surface area contributed by atoms with Crippen molar-refractivity contribution in [3.63, 3.8) is 0 Å². The summed E-state index contributed by atoms with van der Waals surface area (Å²) in [5.74, 6) is 0. The number of nitrogens with zero attached hydrogens (tertiary/aromatic N) is 3. The van der Waals surface area contributed by atoms with Gasteiger partial charge in [0, 0.05) is 32.7 Å². The van der Waals surface area contributed by atoms with Gasteiger partial charge < -0.3 is 25.4 Å². The number of unbranched alkanes of at least 4 members (excludes halogenated alkanes) is 9. The summed E-state index contributed by atoms with van der Waals surface area (Å²) in [6.45, 7) is 12.5. The van der Waals surface area contributed by atoms with E-state index in [9.17, 15) is 24.0 Å². The summed E-state index contributed by atoms with van der Waals surface area (Å²) in [5.41, 5.74) is -2.71. The second-order valence-electron chi connectivity index (χ2n) is 13.2. The summed E-state index contributed by atoms with van der Waals surface area (Å²) in [6.07, 6.45) is 9.80. The number of alkyl carbamates (subject to hydrolysis) is 1. The maximum atomic E-state index is 13.3. The number of hydrogen-bond acceptors (Lipinski definition) is 8. The topological polar surface area (TPSA) is 155 Å². The number of carbonyl (C=O) groups excluding carboxylic acids is 2. The van der Waals surface area contributed by atoms with Crippen LogP contribution in [0.1, 0.15) is 112 Å². The van der Waals surface area contributed by atoms with Crippen LogP contribution in [0.3, 0.4) is 0 Å². The second-order valence-corrected chi connectivity index (χ2v) is 13.2. The Balaban J connectivity index is 2.70. The zero-order valence-electron chi connectivity index (χ0n) is 28.7. The zero-order valence-corrected chi connectivity index (χ0v) is 28.7. The number of ether oxygens (including phenoxy) is 2. The molecule has 13 heteroatoms. The molecule has 0 aromatic carbocycles. The van der Waals surface area contributed by atoms with E-state index in [4.69, 9.17) is 9.47 Å². The fourth-order valence-electron chi connectivity index (χ4n) is 4.74. The lowest BCUT2D eigenvalue weighted by Crippen LogP contribution is -2.54. The zero-order chi connectivity index (χ0) is 33.7. The molecule has 0 bridgehead atoms. The number of amides is 2. The molecule has 0 unspecified atom stereocenters. The third kappa shape index (κ3) is 17.4. The van der Waals surface area contributed by atoms with Crippen LogP contribution in [0.2, 0.25) is 0 Å². The van der Waals surface area contributed by atoms with Crippen molar-refractivity contribution in [3.05, 3.63) is 31.5 Å². The molecule has 1 aromatic heterocycles. The van der Waals surface area contributed by atoms with Gasteiger partial charge in [0.15, 0.2) is 0 Å². The minimum absolute atomic E-state index is 0.231. The summed E-state index contributed by atoms with van der Waals surface area (Å²) in [5, 5.41) is 8.52. The summed E-state index contributed by atoms with van der Waals surface area (Å²) < 4.78 is 14.8. The number of nitrogens with one attached hydrogen (secondary N) is 3. The predicted molar refractivity (Wildman–Crippen MR) is 177 cm³/mol. The molecule has 0 spiro atoms. The molecular formula is C32H60N6O7. The van der Waals surface area contributed by atoms with Crippen molar-refractivity contribution >= 4 is 12.5 Å². The normalized spacial score (nSPS) is 11.9. The maximum Gasteiger partial charge on any atom is 0.407 e. The Morgan fingerprint density at radius 2 is 1.09 bits per heavy atom. The summed E-state index contributed by atoms with van der Waals surface area (Å²) in [4.78, 5) is 62.3. The average molecular weight is 641 g/mol. The predicted octanol–water partition coefficient (Wildman–Crippen LogP) is 3.14. The Morgan fingerprint density at radius 3 is 1.51 bits per heavy atom. The summed E-state index contributed by atoms with van der Waals surface area (Å²) in [6, 6.07) is 0. The Bertz CT molecular complexity index is 1170. The molecule has 260 valence electrons. The molecule has 45 heavy (non-hydrogen) atoms. The fourth-order valence-corrected chi connectivity index (χ4v) is 4.74. The van der Waals surface area contributed by atoms with E-state index in [0.29, 0.717) is 38.8 Å². The molecule has 0 atom stereocenters. The lowest BCUT2D eigenvalue weighted by Gasteiger charge is -2.29. The Morgan fingerprint density at radius 1 is 0.667 bits per heavy atom. The van der Waals surface area contributed by atoms with E-state index in [2.05, 4.69) is 16.0 Å². The van der Waals surface area contributed by atoms with Crippen LogP contribution in [0.4, 0.5) is 4.79 Å². The van der Waals surface area contributed by atoms with Crippen molar-refractivity contribution in [3.8, 4) is 0 Å². The molecule has 13 nitrogen and oxygen atoms in total. The van der Waals surface area contributed by atoms with E-state index in [1.54, 1.807) is 13.8 Å². The van der Waals surface area contributed by atoms with E-state index in [1.165, 1.54) is 13.7 Å². The Labute approximate surface area is 268 Å². The van der Waals surface area contributed by atoms with Gasteiger partial charge in [0.25, 0.3) is 0 Å². The van der Waals surface area contributed by atoms with E-state index >= 15 is 0 Å². The quantitative estimate of drug-likeness (QED) is 0.109. The fraction of sp³-hybridized carbons (Fsp3) is 0.844. The first kappa shape index (κ1) is 40.1. The van der Waals surface area contributed by atoms with Crippen molar-refractivity contribution in [1.29, 1.82) is 0 Å². The van der Waals surface area contributed by atoms with Crippen molar-refractivity contribution < 1.29 is 19.1 Å². The molecule has 0 aliphatic heterocycles. The van der Waals surface area contributed by atoms with Crippen molar-refractivity contribution in [1.82, 2.24) is 29.7 Å². The third-order valence-electron chi connectivity index (χ3n) is 7.28. The SMILES string of the molecule is CNCCCCCCn1c(=O)n(CCCCCCNC=O)c(=O)n(CCCCCCNC(=O)OC(C)(C)COC(C)(C)C)c1=O. The molecule has 1 aromatic rings. The van der Waals surface area contributed by atoms with Gasteiger partial charge in [-0.25, -0.2) is 32.9 Å². The van der Waals surface area contributed by atoms with Gasteiger partial charge in [-0.2, -0.15) is 0 Å². The van der Waals surface area contributed by atoms with Crippen LogP contribution in [0.25, 0.3) is 0 Å². The van der Waals surface area contributed by atoms with Gasteiger partial charge in [-0.3, -0.25) is 4.79 Å². The molecule has 0 aliphatic rings. The highest BCUT2D eigenvalue weighted by Gasteiger charge is 2.26. The molecule has 0 saturated heterocycles. The van der Waals surface area contributed by atoms with E-state index < -0.39 is 28.8 Å². The molecule has 3 N–H and O–H groups in total. The number of rotatable bonds is 25. The van der Waals surface area contributed by atoms with Gasteiger partial charge >= 0.3 is 23.2 Å². The highest BCUT2D eigenvalue weighted by molar-refractivity contribution is 5.67. The van der Waals surface area contributed by atoms with Crippen LogP contribution in [0, 0.1) is 0 Å². The van der Waals surface area contributed by atoms with Crippen molar-refractivity contribution in [2.75, 3.05) is 33.3 Å². The molecule has 0 aliphatic carbocycles. The van der Waals surface area contributed by atoms with Gasteiger partial charge in [0.1, 0.15) is 5.60 Å². The van der Waals surface area contributed by atoms with Gasteiger partial charge in [-0.05, 0) is 86.7 Å². The second kappa shape index (κ2) is 21.7. The van der Waals surface area contributed by atoms with Crippen molar-refractivity contribution in [2.45, 2.75) is 143 Å². The lowest BCUT2D eigenvalue weighted by molar-refractivity contribution is -0.109. The van der Waals surface area contributed by atoms with Gasteiger partial charge in [-0.1, -0.05) is 38.5 Å². The first-order valence-corrected chi connectivity index (χ1v) is 16.7. The summed E-state index contributed by atoms with van der Waals surface area (Å²) >= 11 is 0. The van der Waals surface area contributed by atoms with E-state index in [-0.39, 0.29) is 31.8 Å². The van der Waals surface area contributed by atoms with E-state index in [0.717, 1.165) is 64.3 Å². The first-order chi connectivity index (χ1) is 21.3. The molecule has 0 saturated carbocycles. The van der Waals surface area contributed by atoms with Crippen LogP contribution in [-0.2, 0) is 33.9 Å². The monoisotopic (exact) mass is 640 g/mol. The van der Waals surface area contributed by atoms with Crippen LogP contribution < -0.4 is 33.0 Å². The third-order valence-corrected chi connectivity index (χ3v) is 7.28. The van der Waals surface area contributed by atoms with Crippen LogP contribution in [0.5, 0.6) is 0 Å². The smallest absolute Gasteiger partial charge is 0.407 e. The molecule has 1 heterocycles. The molecule has 1 rings (SSSR count). The van der Waals surface area contributed by atoms with E-state index in [1.807, 2.05) is 27.8 Å². The largest absolute Gasteiger partial charge is 0.441 e. The standard InChI is InChI=1S/C32H60N6O7/c1-31(2,3)44-25-32(4,5)45-27(40)35-21-15-9-12-18-24-38-29(42)36(22-16-10-7-13-19-33-6)28(41)37(30(38)43)23-17-11-8-14-20-34-26-39/h26,33H,7-25H2,1-6H3,(H,34,39)(H,35,40). The average Bonchev–Trinajstić information content (AvgIpc) is 2.96. The highest BCUT2D eigenvalue weighted by Crippen LogP contribution is 2.15. The lowest BCUT2D eigenvalue weighted by atomic mass is 10.1. The first-order valence-electron chi connectivity index (χ1n) is 16.7. The molecule has 0 radical (unpaired) electrons. The van der Waals surface area contributed by atoms with Gasteiger partial charge in [0.05, 0.1) is 12.2 Å². The van der Waals surface area contributed by atoms with Crippen molar-refractivity contribution in [2.24, 2.45) is 0 Å². The molecular weight excluding hydrogens is 580 g/mol. The highest BCUT2D eigenvalue weighted by atomic mass is 16.6. The van der Waals surface area contributed by atoms with Crippen LogP contribution >= 0.6 is 0 Å². The van der Waals surface area contributed by atoms with Gasteiger partial charge in [0.2, 0.25) is 6.41 Å². The van der Waals surface area contributed by atoms with Crippen LogP contribution in [0.15, 0.2) is 14.4 Å². The minimum atomic E-state index is -0.755. The van der Waals surface area contributed by atoms with Crippen LogP contribution in [-0.4, -0.2) is 70.7 Å². The number of hydrogen-bond donors (Lipinski definition) is 3. The number of carbonyl (C=O) groups is 2. The molecule has 0 fully saturated rings. The number of aromatic nitrogens is 3. The minimum Gasteiger partial charge on any atom is -0.441 e. The Hall–Kier alpha value is -2.93.